The summed E-state index contributed by atoms with van der Waals surface area (Å²) in [7, 11) is 0. The molecule has 0 nitrogen and oxygen atoms in total. The highest BCUT2D eigenvalue weighted by Crippen LogP contribution is 2.35. The standard InChI is InChI=1S/C32H28/c1-21(2)6-5-7-22-10-11-25-20-32-27(18-28(25)16-22)13-15-29-30(32)14-12-26-17-23-8-3-4-9-24(23)19-31(26)29/h3-4,8-21H,5-7H2,1-2H3. The summed E-state index contributed by atoms with van der Waals surface area (Å²) < 4.78 is 0. The van der Waals surface area contributed by atoms with E-state index in [2.05, 4.69) is 105 Å². The van der Waals surface area contributed by atoms with Crippen LogP contribution in [0.1, 0.15) is 32.3 Å². The molecule has 32 heavy (non-hydrogen) atoms. The second-order valence-electron chi connectivity index (χ2n) is 9.69. The molecule has 6 aromatic carbocycles. The van der Waals surface area contributed by atoms with Crippen molar-refractivity contribution in [2.24, 2.45) is 5.92 Å². The van der Waals surface area contributed by atoms with Gasteiger partial charge in [0.1, 0.15) is 0 Å². The molecule has 156 valence electrons. The molecule has 0 atom stereocenters. The zero-order chi connectivity index (χ0) is 21.7. The van der Waals surface area contributed by atoms with Crippen LogP contribution in [0.25, 0.3) is 53.9 Å². The van der Waals surface area contributed by atoms with Gasteiger partial charge in [-0.2, -0.15) is 0 Å². The van der Waals surface area contributed by atoms with E-state index in [4.69, 9.17) is 0 Å². The molecule has 6 rings (SSSR count). The third-order valence-electron chi connectivity index (χ3n) is 6.97. The second kappa shape index (κ2) is 7.64. The average Bonchev–Trinajstić information content (AvgIpc) is 2.81. The Labute approximate surface area is 189 Å². The van der Waals surface area contributed by atoms with Crippen LogP contribution in [0.4, 0.5) is 0 Å². The first-order valence-electron chi connectivity index (χ1n) is 11.9. The van der Waals surface area contributed by atoms with E-state index in [1.165, 1.54) is 78.7 Å². The van der Waals surface area contributed by atoms with Gasteiger partial charge in [-0.15, -0.1) is 0 Å². The molecule has 0 amide bonds. The number of fused-ring (bicyclic) bond motifs is 7. The summed E-state index contributed by atoms with van der Waals surface area (Å²) in [6.07, 6.45) is 3.73. The van der Waals surface area contributed by atoms with E-state index < -0.39 is 0 Å². The lowest BCUT2D eigenvalue weighted by Crippen LogP contribution is -1.91. The molecule has 0 bridgehead atoms. The molecular formula is C32H28. The Bertz CT molecular complexity index is 1620. The van der Waals surface area contributed by atoms with Crippen LogP contribution in [0, 0.1) is 5.92 Å². The molecule has 0 saturated carbocycles. The number of benzene rings is 6. The van der Waals surface area contributed by atoms with Gasteiger partial charge < -0.3 is 0 Å². The van der Waals surface area contributed by atoms with E-state index in [9.17, 15) is 0 Å². The van der Waals surface area contributed by atoms with Gasteiger partial charge in [-0.25, -0.2) is 0 Å². The van der Waals surface area contributed by atoms with Crippen LogP contribution in [-0.2, 0) is 6.42 Å². The maximum atomic E-state index is 2.39. The molecule has 0 N–H and O–H groups in total. The first kappa shape index (κ1) is 19.3. The molecule has 0 heterocycles. The van der Waals surface area contributed by atoms with Gasteiger partial charge in [0.05, 0.1) is 0 Å². The zero-order valence-electron chi connectivity index (χ0n) is 18.9. The van der Waals surface area contributed by atoms with Gasteiger partial charge >= 0.3 is 0 Å². The number of rotatable bonds is 4. The predicted octanol–water partition coefficient (Wildman–Crippen LogP) is 9.43. The molecule has 6 aromatic rings. The third-order valence-corrected chi connectivity index (χ3v) is 6.97. The SMILES string of the molecule is CC(C)CCCc1ccc2cc3c(ccc4c5cc6ccccc6cc5ccc34)cc2c1. The van der Waals surface area contributed by atoms with Crippen molar-refractivity contribution in [2.75, 3.05) is 0 Å². The Balaban J connectivity index is 1.51. The summed E-state index contributed by atoms with van der Waals surface area (Å²) in [5.74, 6) is 0.779. The lowest BCUT2D eigenvalue weighted by Gasteiger charge is -2.11. The van der Waals surface area contributed by atoms with Crippen LogP contribution in [-0.4, -0.2) is 0 Å². The summed E-state index contributed by atoms with van der Waals surface area (Å²) in [5.41, 5.74) is 1.45. The monoisotopic (exact) mass is 412 g/mol. The van der Waals surface area contributed by atoms with Crippen LogP contribution in [0.3, 0.4) is 0 Å². The van der Waals surface area contributed by atoms with E-state index in [1.807, 2.05) is 0 Å². The van der Waals surface area contributed by atoms with Gasteiger partial charge in [-0.05, 0) is 102 Å². The van der Waals surface area contributed by atoms with Crippen LogP contribution in [0.15, 0.2) is 91.0 Å². The maximum absolute atomic E-state index is 2.39. The molecule has 0 aliphatic carbocycles. The fraction of sp³-hybridized carbons (Fsp3) is 0.188. The molecule has 0 heteroatoms. The van der Waals surface area contributed by atoms with Gasteiger partial charge in [-0.3, -0.25) is 0 Å². The van der Waals surface area contributed by atoms with Crippen molar-refractivity contribution in [3.05, 3.63) is 96.6 Å². The Morgan fingerprint density at radius 1 is 0.500 bits per heavy atom. The predicted molar refractivity (Wildman–Crippen MR) is 142 cm³/mol. The fourth-order valence-corrected chi connectivity index (χ4v) is 5.23. The molecule has 0 aliphatic rings. The largest absolute Gasteiger partial charge is 0.0628 e. The number of hydrogen-bond donors (Lipinski definition) is 0. The van der Waals surface area contributed by atoms with Crippen LogP contribution in [0.2, 0.25) is 0 Å². The van der Waals surface area contributed by atoms with E-state index in [1.54, 1.807) is 0 Å². The molecule has 0 unspecified atom stereocenters. The molecule has 0 saturated heterocycles. The normalized spacial score (nSPS) is 12.1. The van der Waals surface area contributed by atoms with Crippen molar-refractivity contribution in [3.63, 3.8) is 0 Å². The summed E-state index contributed by atoms with van der Waals surface area (Å²) in [6.45, 7) is 4.62. The third kappa shape index (κ3) is 3.31. The summed E-state index contributed by atoms with van der Waals surface area (Å²) in [6, 6.07) is 34.3. The van der Waals surface area contributed by atoms with Crippen LogP contribution < -0.4 is 0 Å². The molecular weight excluding hydrogens is 384 g/mol. The number of aryl methyl sites for hydroxylation is 1. The average molecular weight is 413 g/mol. The smallest absolute Gasteiger partial charge is 0.00987 e. The first-order chi connectivity index (χ1) is 15.7. The Hall–Kier alpha value is -3.38. The van der Waals surface area contributed by atoms with Gasteiger partial charge in [0, 0.05) is 0 Å². The minimum atomic E-state index is 0.779. The van der Waals surface area contributed by atoms with Gasteiger partial charge in [0.15, 0.2) is 0 Å². The number of hydrogen-bond acceptors (Lipinski definition) is 0. The van der Waals surface area contributed by atoms with Crippen molar-refractivity contribution in [3.8, 4) is 0 Å². The summed E-state index contributed by atoms with van der Waals surface area (Å²) in [4.78, 5) is 0. The zero-order valence-corrected chi connectivity index (χ0v) is 18.9. The quantitative estimate of drug-likeness (QED) is 0.200. The van der Waals surface area contributed by atoms with E-state index in [0.29, 0.717) is 0 Å². The topological polar surface area (TPSA) is 0 Å². The molecule has 0 radical (unpaired) electrons. The van der Waals surface area contributed by atoms with Crippen LogP contribution in [0.5, 0.6) is 0 Å². The van der Waals surface area contributed by atoms with Gasteiger partial charge in [0.25, 0.3) is 0 Å². The minimum absolute atomic E-state index is 0.779. The highest BCUT2D eigenvalue weighted by atomic mass is 14.1. The van der Waals surface area contributed by atoms with E-state index >= 15 is 0 Å². The lowest BCUT2D eigenvalue weighted by molar-refractivity contribution is 0.556. The van der Waals surface area contributed by atoms with E-state index in [-0.39, 0.29) is 0 Å². The summed E-state index contributed by atoms with van der Waals surface area (Å²) >= 11 is 0. The fourth-order valence-electron chi connectivity index (χ4n) is 5.23. The molecule has 0 fully saturated rings. The second-order valence-corrected chi connectivity index (χ2v) is 9.69. The molecule has 0 aromatic heterocycles. The van der Waals surface area contributed by atoms with Crippen molar-refractivity contribution in [2.45, 2.75) is 33.1 Å². The van der Waals surface area contributed by atoms with Crippen molar-refractivity contribution in [1.29, 1.82) is 0 Å². The van der Waals surface area contributed by atoms with Gasteiger partial charge in [0.2, 0.25) is 0 Å². The highest BCUT2D eigenvalue weighted by Gasteiger charge is 2.08. The van der Waals surface area contributed by atoms with Crippen LogP contribution >= 0.6 is 0 Å². The summed E-state index contributed by atoms with van der Waals surface area (Å²) in [5, 5.41) is 13.3. The van der Waals surface area contributed by atoms with Crippen molar-refractivity contribution < 1.29 is 0 Å². The van der Waals surface area contributed by atoms with E-state index in [0.717, 1.165) is 5.92 Å². The van der Waals surface area contributed by atoms with Gasteiger partial charge in [-0.1, -0.05) is 87.0 Å². The minimum Gasteiger partial charge on any atom is -0.0628 e. The Morgan fingerprint density at radius 3 is 1.72 bits per heavy atom. The lowest BCUT2D eigenvalue weighted by atomic mass is 9.93. The molecule has 0 spiro atoms. The van der Waals surface area contributed by atoms with Crippen molar-refractivity contribution in [1.82, 2.24) is 0 Å². The maximum Gasteiger partial charge on any atom is -0.00987 e. The highest BCUT2D eigenvalue weighted by molar-refractivity contribution is 6.20. The first-order valence-corrected chi connectivity index (χ1v) is 11.9. The van der Waals surface area contributed by atoms with Crippen molar-refractivity contribution >= 4 is 53.9 Å². The Kier molecular flexibility index (Phi) is 4.61. The Morgan fingerprint density at radius 2 is 1.06 bits per heavy atom. The molecule has 0 aliphatic heterocycles.